The Balaban J connectivity index is 1.66. The number of fused-ring (bicyclic) bond motifs is 2. The minimum atomic E-state index is -6.35. The Morgan fingerprint density at radius 1 is 0.682 bits per heavy atom. The molecule has 0 saturated heterocycles. The first-order valence-corrected chi connectivity index (χ1v) is 18.0. The molecule has 3 aliphatic carbocycles. The maximum Gasteiger partial charge on any atom is 0.523 e. The number of carbonyl (C=O) groups excluding carboxylic acids is 2. The molecule has 5 rings (SSSR count). The molecule has 0 radical (unpaired) electrons. The molecule has 0 aliphatic heterocycles. The van der Waals surface area contributed by atoms with Gasteiger partial charge in [-0.2, -0.15) is 43.2 Å². The first-order chi connectivity index (χ1) is 20.3. The van der Waals surface area contributed by atoms with E-state index in [0.717, 1.165) is 9.75 Å². The number of Topliss-reactive ketones (excluding diaryl/α,β-unsaturated/α-hetero) is 2. The fourth-order valence-corrected chi connectivity index (χ4v) is 10.2. The number of alkyl halides is 6. The van der Waals surface area contributed by atoms with Gasteiger partial charge in [0.2, 0.25) is 0 Å². The topological polar surface area (TPSA) is 121 Å². The Kier molecular flexibility index (Phi) is 8.71. The highest BCUT2D eigenvalue weighted by Crippen LogP contribution is 2.59. The lowest BCUT2D eigenvalue weighted by Crippen LogP contribution is -2.56. The lowest BCUT2D eigenvalue weighted by molar-refractivity contribution is -0.145. The molecular formula is C26H26F6O8S4. The van der Waals surface area contributed by atoms with Gasteiger partial charge in [-0.1, -0.05) is 13.8 Å². The Hall–Kier alpha value is -1.86. The molecule has 3 fully saturated rings. The van der Waals surface area contributed by atoms with E-state index in [2.05, 4.69) is 0 Å². The van der Waals surface area contributed by atoms with Gasteiger partial charge in [-0.25, -0.2) is 0 Å². The van der Waals surface area contributed by atoms with Crippen LogP contribution in [-0.4, -0.2) is 51.6 Å². The van der Waals surface area contributed by atoms with Gasteiger partial charge < -0.3 is 0 Å². The normalized spacial score (nSPS) is 31.4. The van der Waals surface area contributed by atoms with Crippen LogP contribution in [-0.2, 0) is 51.0 Å². The molecule has 3 saturated carbocycles. The summed E-state index contributed by atoms with van der Waals surface area (Å²) in [6.45, 7) is 3.65. The van der Waals surface area contributed by atoms with E-state index in [1.54, 1.807) is 24.3 Å². The zero-order valence-electron chi connectivity index (χ0n) is 22.9. The summed E-state index contributed by atoms with van der Waals surface area (Å²) in [5.41, 5.74) is -11.8. The SMILES string of the molecule is CCc1ccc(C2CC3C(OS(=O)(=O)C(F)(F)F)C4C(=O)C(c5ccc(CC)s5)CC4C(OS(=O)(=O)C(F)(F)F)C3C2=O)s1. The summed E-state index contributed by atoms with van der Waals surface area (Å²) in [5, 5.41) is 0. The van der Waals surface area contributed by atoms with Gasteiger partial charge in [0.1, 0.15) is 11.6 Å². The van der Waals surface area contributed by atoms with Crippen LogP contribution in [0, 0.1) is 23.7 Å². The van der Waals surface area contributed by atoms with Crippen molar-refractivity contribution in [2.45, 2.75) is 74.6 Å². The van der Waals surface area contributed by atoms with E-state index < -0.39 is 103 Å². The number of halogens is 6. The third-order valence-corrected chi connectivity index (χ3v) is 13.4. The molecule has 0 bridgehead atoms. The molecule has 0 N–H and O–H groups in total. The number of hydrogen-bond acceptors (Lipinski definition) is 10. The lowest BCUT2D eigenvalue weighted by Gasteiger charge is -2.44. The van der Waals surface area contributed by atoms with E-state index in [9.17, 15) is 52.8 Å². The summed E-state index contributed by atoms with van der Waals surface area (Å²) in [6.07, 6.45) is -3.87. The zero-order valence-corrected chi connectivity index (χ0v) is 26.2. The van der Waals surface area contributed by atoms with E-state index in [1.165, 1.54) is 22.7 Å². The van der Waals surface area contributed by atoms with Crippen LogP contribution in [0.3, 0.4) is 0 Å². The molecular weight excluding hydrogens is 683 g/mol. The fourth-order valence-electron chi connectivity index (χ4n) is 6.70. The second kappa shape index (κ2) is 11.4. The molecule has 0 amide bonds. The monoisotopic (exact) mass is 708 g/mol. The zero-order chi connectivity index (χ0) is 32.6. The van der Waals surface area contributed by atoms with Crippen molar-refractivity contribution in [3.63, 3.8) is 0 Å². The summed E-state index contributed by atoms with van der Waals surface area (Å²) in [5.74, 6) is -10.7. The van der Waals surface area contributed by atoms with Crippen LogP contribution in [0.1, 0.15) is 58.0 Å². The average Bonchev–Trinajstić information content (AvgIpc) is 3.70. The summed E-state index contributed by atoms with van der Waals surface area (Å²) < 4.78 is 140. The van der Waals surface area contributed by atoms with E-state index in [4.69, 9.17) is 8.37 Å². The molecule has 0 aromatic carbocycles. The second-order valence-corrected chi connectivity index (χ2v) is 16.5. The van der Waals surface area contributed by atoms with E-state index in [-0.39, 0.29) is 0 Å². The van der Waals surface area contributed by atoms with Gasteiger partial charge in [0.05, 0.1) is 35.9 Å². The standard InChI is InChI=1S/C26H26F6O8S4/c1-3-11-5-7-17(41-11)13-9-15-19(21(13)33)24(40-44(37,38)26(30,31)32)16-10-14(18-8-6-12(4-2)42-18)22(34)20(16)23(15)39-43(35,36)25(27,28)29/h5-8,13-16,19-20,23-24H,3-4,9-10H2,1-2H3. The van der Waals surface area contributed by atoms with Gasteiger partial charge in [-0.05, 0) is 49.9 Å². The molecule has 2 heterocycles. The number of aryl methyl sites for hydroxylation is 2. The Labute approximate surface area is 257 Å². The maximum absolute atomic E-state index is 13.9. The summed E-state index contributed by atoms with van der Waals surface area (Å²) in [6, 6.07) is 6.51. The molecule has 0 spiro atoms. The molecule has 2 aromatic heterocycles. The molecule has 244 valence electrons. The molecule has 2 aromatic rings. The largest absolute Gasteiger partial charge is 0.523 e. The van der Waals surface area contributed by atoms with Crippen LogP contribution in [0.15, 0.2) is 24.3 Å². The predicted molar refractivity (Wildman–Crippen MR) is 146 cm³/mol. The minimum Gasteiger partial charge on any atom is -0.299 e. The summed E-state index contributed by atoms with van der Waals surface area (Å²) >= 11 is 2.35. The third kappa shape index (κ3) is 5.67. The highest BCUT2D eigenvalue weighted by molar-refractivity contribution is 7.87. The van der Waals surface area contributed by atoms with Crippen molar-refractivity contribution in [1.82, 2.24) is 0 Å². The molecule has 8 unspecified atom stereocenters. The van der Waals surface area contributed by atoms with Crippen molar-refractivity contribution >= 4 is 54.5 Å². The highest BCUT2D eigenvalue weighted by Gasteiger charge is 2.67. The lowest BCUT2D eigenvalue weighted by atomic mass is 9.66. The average molecular weight is 709 g/mol. The van der Waals surface area contributed by atoms with Crippen LogP contribution >= 0.6 is 22.7 Å². The number of ketones is 2. The van der Waals surface area contributed by atoms with Gasteiger partial charge in [0.15, 0.2) is 0 Å². The van der Waals surface area contributed by atoms with Crippen molar-refractivity contribution in [3.8, 4) is 0 Å². The van der Waals surface area contributed by atoms with Crippen LogP contribution < -0.4 is 0 Å². The quantitative estimate of drug-likeness (QED) is 0.195. The van der Waals surface area contributed by atoms with E-state index in [1.807, 2.05) is 13.8 Å². The van der Waals surface area contributed by atoms with Crippen molar-refractivity contribution in [2.75, 3.05) is 0 Å². The first kappa shape index (κ1) is 33.5. The van der Waals surface area contributed by atoms with Crippen LogP contribution in [0.2, 0.25) is 0 Å². The van der Waals surface area contributed by atoms with E-state index >= 15 is 0 Å². The van der Waals surface area contributed by atoms with E-state index in [0.29, 0.717) is 22.6 Å². The minimum absolute atomic E-state index is 0.392. The molecule has 18 heteroatoms. The van der Waals surface area contributed by atoms with Gasteiger partial charge in [0, 0.05) is 31.3 Å². The van der Waals surface area contributed by atoms with Crippen molar-refractivity contribution < 1.29 is 61.1 Å². The van der Waals surface area contributed by atoms with Gasteiger partial charge in [-0.15, -0.1) is 22.7 Å². The van der Waals surface area contributed by atoms with Crippen LogP contribution in [0.5, 0.6) is 0 Å². The van der Waals surface area contributed by atoms with Crippen LogP contribution in [0.25, 0.3) is 0 Å². The van der Waals surface area contributed by atoms with Crippen LogP contribution in [0.4, 0.5) is 26.3 Å². The number of hydrogen-bond donors (Lipinski definition) is 0. The van der Waals surface area contributed by atoms with Crippen molar-refractivity contribution in [2.24, 2.45) is 23.7 Å². The number of rotatable bonds is 8. The predicted octanol–water partition coefficient (Wildman–Crippen LogP) is 5.70. The molecule has 44 heavy (non-hydrogen) atoms. The Bertz CT molecular complexity index is 1540. The third-order valence-electron chi connectivity index (χ3n) is 8.63. The van der Waals surface area contributed by atoms with Gasteiger partial charge in [0.25, 0.3) is 0 Å². The van der Waals surface area contributed by atoms with Crippen molar-refractivity contribution in [3.05, 3.63) is 43.8 Å². The number of thiophene rings is 2. The molecule has 8 nitrogen and oxygen atoms in total. The summed E-state index contributed by atoms with van der Waals surface area (Å²) in [7, 11) is -12.7. The van der Waals surface area contributed by atoms with Crippen molar-refractivity contribution in [1.29, 1.82) is 0 Å². The second-order valence-electron chi connectivity index (χ2n) is 11.0. The maximum atomic E-state index is 13.9. The highest BCUT2D eigenvalue weighted by atomic mass is 32.2. The Morgan fingerprint density at radius 2 is 1.02 bits per heavy atom. The Morgan fingerprint density at radius 3 is 1.30 bits per heavy atom. The fraction of sp³-hybridized carbons (Fsp3) is 0.615. The summed E-state index contributed by atoms with van der Waals surface area (Å²) in [4.78, 5) is 30.3. The molecule has 3 aliphatic rings. The smallest absolute Gasteiger partial charge is 0.299 e. The number of carbonyl (C=O) groups is 2. The molecule has 8 atom stereocenters. The van der Waals surface area contributed by atoms with Gasteiger partial charge >= 0.3 is 31.3 Å². The first-order valence-electron chi connectivity index (χ1n) is 13.5. The van der Waals surface area contributed by atoms with Gasteiger partial charge in [-0.3, -0.25) is 18.0 Å².